The summed E-state index contributed by atoms with van der Waals surface area (Å²) in [5, 5.41) is 7.36. The summed E-state index contributed by atoms with van der Waals surface area (Å²) in [6.07, 6.45) is 0. The van der Waals surface area contributed by atoms with Crippen molar-refractivity contribution in [1.82, 2.24) is 0 Å². The topological polar surface area (TPSA) is 59.1 Å². The van der Waals surface area contributed by atoms with E-state index in [1.54, 1.807) is 12.1 Å². The molecular weight excluding hydrogens is 272 g/mol. The number of ether oxygens (including phenoxy) is 1. The van der Waals surface area contributed by atoms with Crippen LogP contribution in [0, 0.1) is 26.2 Å². The number of hydrogen-bond donors (Lipinski definition) is 2. The Labute approximate surface area is 125 Å². The second-order valence-corrected chi connectivity index (χ2v) is 4.69. The van der Waals surface area contributed by atoms with E-state index in [-0.39, 0.29) is 18.2 Å². The molecule has 0 aliphatic carbocycles. The molecule has 0 radical (unpaired) electrons. The monoisotopic (exact) mass is 290 g/mol. The Hall–Kier alpha value is -2.00. The van der Waals surface area contributed by atoms with Crippen LogP contribution in [0.1, 0.15) is 22.3 Å². The molecule has 0 aliphatic rings. The summed E-state index contributed by atoms with van der Waals surface area (Å²) in [5.41, 5.74) is 9.59. The minimum Gasteiger partial charge on any atom is -0.457 e. The van der Waals surface area contributed by atoms with Gasteiger partial charge < -0.3 is 10.5 Å². The number of halogens is 1. The van der Waals surface area contributed by atoms with E-state index < -0.39 is 0 Å². The molecule has 3 nitrogen and oxygen atoms in total. The van der Waals surface area contributed by atoms with Gasteiger partial charge in [-0.15, -0.1) is 12.4 Å². The van der Waals surface area contributed by atoms with E-state index in [1.165, 1.54) is 5.56 Å². The van der Waals surface area contributed by atoms with E-state index in [9.17, 15) is 0 Å². The van der Waals surface area contributed by atoms with Crippen LogP contribution in [0.5, 0.6) is 11.5 Å². The highest BCUT2D eigenvalue weighted by molar-refractivity contribution is 5.94. The molecule has 0 saturated heterocycles. The highest BCUT2D eigenvalue weighted by atomic mass is 35.5. The van der Waals surface area contributed by atoms with Crippen molar-refractivity contribution in [1.29, 1.82) is 5.41 Å². The van der Waals surface area contributed by atoms with Crippen LogP contribution in [0.3, 0.4) is 0 Å². The average Bonchev–Trinajstić information content (AvgIpc) is 2.40. The quantitative estimate of drug-likeness (QED) is 0.660. The van der Waals surface area contributed by atoms with Crippen LogP contribution in [0.15, 0.2) is 36.4 Å². The van der Waals surface area contributed by atoms with Gasteiger partial charge in [-0.3, -0.25) is 5.41 Å². The minimum atomic E-state index is 0. The summed E-state index contributed by atoms with van der Waals surface area (Å²) in [6, 6.07) is 11.4. The zero-order chi connectivity index (χ0) is 14.0. The molecule has 3 N–H and O–H groups in total. The van der Waals surface area contributed by atoms with Crippen LogP contribution in [0.4, 0.5) is 0 Å². The maximum absolute atomic E-state index is 7.36. The zero-order valence-electron chi connectivity index (χ0n) is 11.9. The fourth-order valence-electron chi connectivity index (χ4n) is 1.90. The number of nitrogen functional groups attached to an aromatic ring is 1. The van der Waals surface area contributed by atoms with Crippen LogP contribution < -0.4 is 10.5 Å². The van der Waals surface area contributed by atoms with E-state index in [1.807, 2.05) is 19.1 Å². The molecule has 2 rings (SSSR count). The van der Waals surface area contributed by atoms with Gasteiger partial charge in [-0.2, -0.15) is 0 Å². The zero-order valence-corrected chi connectivity index (χ0v) is 12.7. The number of hydrogen-bond acceptors (Lipinski definition) is 2. The maximum Gasteiger partial charge on any atom is 0.133 e. The second kappa shape index (κ2) is 6.44. The third-order valence-corrected chi connectivity index (χ3v) is 3.26. The maximum atomic E-state index is 7.36. The molecule has 20 heavy (non-hydrogen) atoms. The van der Waals surface area contributed by atoms with Crippen molar-refractivity contribution in [2.45, 2.75) is 20.8 Å². The molecule has 0 amide bonds. The summed E-state index contributed by atoms with van der Waals surface area (Å²) in [6.45, 7) is 6.16. The van der Waals surface area contributed by atoms with Gasteiger partial charge in [-0.1, -0.05) is 12.1 Å². The number of nitrogens with two attached hydrogens (primary N) is 1. The SMILES string of the molecule is Cc1ccc(C)c(Oc2ccc(C(=N)N)cc2)c1C.Cl. The van der Waals surface area contributed by atoms with Gasteiger partial charge in [-0.25, -0.2) is 0 Å². The Morgan fingerprint density at radius 3 is 2.05 bits per heavy atom. The Morgan fingerprint density at radius 2 is 1.50 bits per heavy atom. The summed E-state index contributed by atoms with van der Waals surface area (Å²) < 4.78 is 5.94. The van der Waals surface area contributed by atoms with Gasteiger partial charge in [0.1, 0.15) is 17.3 Å². The Balaban J connectivity index is 0.00000200. The van der Waals surface area contributed by atoms with Crippen LogP contribution >= 0.6 is 12.4 Å². The van der Waals surface area contributed by atoms with Gasteiger partial charge in [0.15, 0.2) is 0 Å². The van der Waals surface area contributed by atoms with Gasteiger partial charge in [0.05, 0.1) is 0 Å². The van der Waals surface area contributed by atoms with Crippen molar-refractivity contribution >= 4 is 18.2 Å². The molecule has 0 fully saturated rings. The number of amidine groups is 1. The molecule has 0 bridgehead atoms. The lowest BCUT2D eigenvalue weighted by molar-refractivity contribution is 0.474. The van der Waals surface area contributed by atoms with Crippen LogP contribution in [-0.4, -0.2) is 5.84 Å². The first-order valence-corrected chi connectivity index (χ1v) is 6.18. The lowest BCUT2D eigenvalue weighted by Gasteiger charge is -2.13. The van der Waals surface area contributed by atoms with Crippen molar-refractivity contribution in [2.75, 3.05) is 0 Å². The van der Waals surface area contributed by atoms with E-state index in [0.717, 1.165) is 22.6 Å². The number of rotatable bonds is 3. The predicted octanol–water partition coefficient (Wildman–Crippen LogP) is 4.11. The van der Waals surface area contributed by atoms with Crippen molar-refractivity contribution in [3.63, 3.8) is 0 Å². The van der Waals surface area contributed by atoms with Gasteiger partial charge >= 0.3 is 0 Å². The number of benzene rings is 2. The van der Waals surface area contributed by atoms with Crippen LogP contribution in [-0.2, 0) is 0 Å². The summed E-state index contributed by atoms with van der Waals surface area (Å²) in [7, 11) is 0. The molecule has 2 aromatic carbocycles. The normalized spacial score (nSPS) is 9.75. The largest absolute Gasteiger partial charge is 0.457 e. The first-order valence-electron chi connectivity index (χ1n) is 6.18. The first-order chi connectivity index (χ1) is 8.99. The van der Waals surface area contributed by atoms with Crippen LogP contribution in [0.2, 0.25) is 0 Å². The van der Waals surface area contributed by atoms with Gasteiger partial charge in [0.2, 0.25) is 0 Å². The molecule has 106 valence electrons. The summed E-state index contributed by atoms with van der Waals surface area (Å²) in [5.74, 6) is 1.71. The highest BCUT2D eigenvalue weighted by Gasteiger charge is 2.07. The van der Waals surface area contributed by atoms with Crippen molar-refractivity contribution in [3.8, 4) is 11.5 Å². The van der Waals surface area contributed by atoms with Crippen LogP contribution in [0.25, 0.3) is 0 Å². The molecule has 0 spiro atoms. The first kappa shape index (κ1) is 16.1. The lowest BCUT2D eigenvalue weighted by atomic mass is 10.1. The molecule has 4 heteroatoms. The fraction of sp³-hybridized carbons (Fsp3) is 0.188. The van der Waals surface area contributed by atoms with Gasteiger partial charge in [0.25, 0.3) is 0 Å². The minimum absolute atomic E-state index is 0. The Bertz CT molecular complexity index is 621. The molecular formula is C16H19ClN2O. The van der Waals surface area contributed by atoms with E-state index in [0.29, 0.717) is 5.56 Å². The second-order valence-electron chi connectivity index (χ2n) is 4.69. The van der Waals surface area contributed by atoms with E-state index in [4.69, 9.17) is 15.9 Å². The Morgan fingerprint density at radius 1 is 0.950 bits per heavy atom. The Kier molecular flexibility index (Phi) is 5.17. The van der Waals surface area contributed by atoms with Crippen molar-refractivity contribution in [3.05, 3.63) is 58.7 Å². The molecule has 0 heterocycles. The number of aryl methyl sites for hydroxylation is 2. The number of nitrogens with one attached hydrogen (secondary N) is 1. The molecule has 0 aliphatic heterocycles. The summed E-state index contributed by atoms with van der Waals surface area (Å²) >= 11 is 0. The standard InChI is InChI=1S/C16H18N2O.ClH/c1-10-4-5-11(2)15(12(10)3)19-14-8-6-13(7-9-14)16(17)18;/h4-9H,1-3H3,(H3,17,18);1H. The predicted molar refractivity (Wildman–Crippen MR) is 85.4 cm³/mol. The smallest absolute Gasteiger partial charge is 0.133 e. The molecule has 2 aromatic rings. The molecule has 0 saturated carbocycles. The molecule has 0 unspecified atom stereocenters. The molecule has 0 aromatic heterocycles. The average molecular weight is 291 g/mol. The lowest BCUT2D eigenvalue weighted by Crippen LogP contribution is -2.10. The van der Waals surface area contributed by atoms with Gasteiger partial charge in [-0.05, 0) is 61.7 Å². The van der Waals surface area contributed by atoms with Gasteiger partial charge in [0, 0.05) is 5.56 Å². The molecule has 0 atom stereocenters. The van der Waals surface area contributed by atoms with E-state index >= 15 is 0 Å². The third-order valence-electron chi connectivity index (χ3n) is 3.26. The highest BCUT2D eigenvalue weighted by Crippen LogP contribution is 2.30. The van der Waals surface area contributed by atoms with E-state index in [2.05, 4.69) is 26.0 Å². The van der Waals surface area contributed by atoms with Crippen molar-refractivity contribution in [2.24, 2.45) is 5.73 Å². The fourth-order valence-corrected chi connectivity index (χ4v) is 1.90. The van der Waals surface area contributed by atoms with Crippen molar-refractivity contribution < 1.29 is 4.74 Å². The third kappa shape index (κ3) is 3.31. The summed E-state index contributed by atoms with van der Waals surface area (Å²) in [4.78, 5) is 0.